The summed E-state index contributed by atoms with van der Waals surface area (Å²) < 4.78 is 19.5. The first-order chi connectivity index (χ1) is 15.1. The zero-order chi connectivity index (χ0) is 21.8. The molecule has 4 nitrogen and oxygen atoms in total. The van der Waals surface area contributed by atoms with Crippen LogP contribution in [0.4, 0.5) is 4.39 Å². The van der Waals surface area contributed by atoms with Gasteiger partial charge in [0.05, 0.1) is 6.61 Å². The Hall–Kier alpha value is -3.18. The lowest BCUT2D eigenvalue weighted by atomic mass is 9.93. The Labute approximate surface area is 182 Å². The molecule has 5 heteroatoms. The van der Waals surface area contributed by atoms with Crippen molar-refractivity contribution in [2.24, 2.45) is 4.99 Å². The highest BCUT2D eigenvalue weighted by Crippen LogP contribution is 2.38. The quantitative estimate of drug-likeness (QED) is 0.539. The Morgan fingerprint density at radius 3 is 2.55 bits per heavy atom. The van der Waals surface area contributed by atoms with Gasteiger partial charge >= 0.3 is 0 Å². The van der Waals surface area contributed by atoms with E-state index in [0.29, 0.717) is 18.8 Å². The monoisotopic (exact) mass is 418 g/mol. The van der Waals surface area contributed by atoms with Gasteiger partial charge in [0, 0.05) is 23.7 Å². The van der Waals surface area contributed by atoms with Crippen molar-refractivity contribution in [1.82, 2.24) is 5.32 Å². The van der Waals surface area contributed by atoms with Crippen LogP contribution in [0, 0.1) is 5.82 Å². The summed E-state index contributed by atoms with van der Waals surface area (Å²) in [6, 6.07) is 20.2. The van der Waals surface area contributed by atoms with Crippen LogP contribution < -0.4 is 10.1 Å². The fraction of sp³-hybridized carbons (Fsp3) is 0.269. The summed E-state index contributed by atoms with van der Waals surface area (Å²) in [5, 5.41) is 14.3. The van der Waals surface area contributed by atoms with Crippen LogP contribution in [0.15, 0.2) is 71.7 Å². The summed E-state index contributed by atoms with van der Waals surface area (Å²) in [5.41, 5.74) is 4.70. The minimum atomic E-state index is -0.426. The molecule has 31 heavy (non-hydrogen) atoms. The Bertz CT molecular complexity index is 1080. The fourth-order valence-corrected chi connectivity index (χ4v) is 3.95. The van der Waals surface area contributed by atoms with Gasteiger partial charge in [0.2, 0.25) is 0 Å². The molecule has 0 radical (unpaired) electrons. The number of nitrogens with one attached hydrogen (secondary N) is 1. The van der Waals surface area contributed by atoms with Crippen molar-refractivity contribution in [3.63, 3.8) is 0 Å². The second-order valence-electron chi connectivity index (χ2n) is 7.63. The highest BCUT2D eigenvalue weighted by atomic mass is 19.1. The lowest BCUT2D eigenvalue weighted by Crippen LogP contribution is -2.33. The molecule has 160 valence electrons. The van der Waals surface area contributed by atoms with Crippen LogP contribution in [0.25, 0.3) is 0 Å². The molecule has 0 saturated carbocycles. The number of phenols is 1. The normalized spacial score (nSPS) is 18.5. The first-order valence-corrected chi connectivity index (χ1v) is 10.7. The highest BCUT2D eigenvalue weighted by Gasteiger charge is 2.28. The number of halogens is 1. The summed E-state index contributed by atoms with van der Waals surface area (Å²) in [4.78, 5) is 4.91. The second kappa shape index (κ2) is 9.31. The Morgan fingerprint density at radius 1 is 1.06 bits per heavy atom. The van der Waals surface area contributed by atoms with E-state index in [2.05, 4.69) is 36.5 Å². The van der Waals surface area contributed by atoms with Crippen molar-refractivity contribution in [2.45, 2.75) is 38.9 Å². The predicted octanol–water partition coefficient (Wildman–Crippen LogP) is 5.71. The summed E-state index contributed by atoms with van der Waals surface area (Å²) >= 11 is 0. The topological polar surface area (TPSA) is 53.8 Å². The number of rotatable bonds is 6. The lowest BCUT2D eigenvalue weighted by Gasteiger charge is -2.31. The third kappa shape index (κ3) is 4.62. The van der Waals surface area contributed by atoms with Gasteiger partial charge in [0.15, 0.2) is 11.5 Å². The summed E-state index contributed by atoms with van der Waals surface area (Å²) in [7, 11) is 0. The summed E-state index contributed by atoms with van der Waals surface area (Å²) in [5.74, 6) is 0.287. The molecule has 0 fully saturated rings. The van der Waals surface area contributed by atoms with E-state index in [1.54, 1.807) is 12.1 Å². The molecule has 3 aromatic rings. The van der Waals surface area contributed by atoms with Crippen LogP contribution in [-0.2, 0) is 6.42 Å². The molecule has 1 aliphatic heterocycles. The second-order valence-corrected chi connectivity index (χ2v) is 7.63. The van der Waals surface area contributed by atoms with E-state index in [1.807, 2.05) is 25.1 Å². The standard InChI is InChI=1S/C26H27FN2O2/c1-3-17-11-13-18(14-12-17)22-16-23(21-9-6-10-24(25(21)30)31-4-2)29-26(28-22)19-7-5-8-20(27)15-19/h5-15,23,26,29-30H,3-4,16H2,1-2H3/t23-,26-/m1/s1. The molecule has 1 heterocycles. The molecule has 0 bridgehead atoms. The van der Waals surface area contributed by atoms with E-state index in [0.717, 1.165) is 28.8 Å². The van der Waals surface area contributed by atoms with Crippen LogP contribution in [0.1, 0.15) is 54.7 Å². The molecule has 4 rings (SSSR count). The van der Waals surface area contributed by atoms with E-state index in [1.165, 1.54) is 17.7 Å². The first-order valence-electron chi connectivity index (χ1n) is 10.7. The maximum Gasteiger partial charge on any atom is 0.162 e. The van der Waals surface area contributed by atoms with Crippen LogP contribution in [0.5, 0.6) is 11.5 Å². The largest absolute Gasteiger partial charge is 0.504 e. The molecule has 1 aliphatic rings. The minimum absolute atomic E-state index is 0.127. The van der Waals surface area contributed by atoms with Crippen LogP contribution in [0.3, 0.4) is 0 Å². The molecule has 0 amide bonds. The van der Waals surface area contributed by atoms with Gasteiger partial charge in [-0.15, -0.1) is 0 Å². The molecule has 0 unspecified atom stereocenters. The Kier molecular flexibility index (Phi) is 6.33. The number of phenolic OH excluding ortho intramolecular Hbond substituents is 1. The zero-order valence-corrected chi connectivity index (χ0v) is 17.8. The maximum atomic E-state index is 13.9. The fourth-order valence-electron chi connectivity index (χ4n) is 3.95. The molecule has 3 aromatic carbocycles. The SMILES string of the molecule is CCOc1cccc([C@H]2CC(c3ccc(CC)cc3)=N[C@@H](c3cccc(F)c3)N2)c1O. The van der Waals surface area contributed by atoms with Gasteiger partial charge in [-0.25, -0.2) is 4.39 Å². The number of aromatic hydroxyl groups is 1. The predicted molar refractivity (Wildman–Crippen MR) is 121 cm³/mol. The van der Waals surface area contributed by atoms with Crippen molar-refractivity contribution >= 4 is 5.71 Å². The number of ether oxygens (including phenoxy) is 1. The van der Waals surface area contributed by atoms with Crippen LogP contribution in [-0.4, -0.2) is 17.4 Å². The third-order valence-electron chi connectivity index (χ3n) is 5.61. The van der Waals surface area contributed by atoms with Gasteiger partial charge in [-0.3, -0.25) is 10.3 Å². The van der Waals surface area contributed by atoms with E-state index in [9.17, 15) is 9.50 Å². The number of aliphatic imine (C=N–C) groups is 1. The van der Waals surface area contributed by atoms with E-state index >= 15 is 0 Å². The third-order valence-corrected chi connectivity index (χ3v) is 5.61. The number of benzene rings is 3. The number of nitrogens with zero attached hydrogens (tertiary/aromatic N) is 1. The number of aryl methyl sites for hydroxylation is 1. The number of hydrogen-bond acceptors (Lipinski definition) is 4. The molecular formula is C26H27FN2O2. The summed E-state index contributed by atoms with van der Waals surface area (Å²) in [6.45, 7) is 4.48. The molecule has 0 saturated heterocycles. The molecule has 0 aromatic heterocycles. The van der Waals surface area contributed by atoms with Gasteiger partial charge in [-0.05, 0) is 48.2 Å². The Balaban J connectivity index is 1.74. The molecular weight excluding hydrogens is 391 g/mol. The van der Waals surface area contributed by atoms with Crippen molar-refractivity contribution < 1.29 is 14.2 Å². The number of para-hydroxylation sites is 1. The van der Waals surface area contributed by atoms with E-state index < -0.39 is 6.17 Å². The number of hydrogen-bond donors (Lipinski definition) is 2. The van der Waals surface area contributed by atoms with Gasteiger partial charge < -0.3 is 9.84 Å². The average molecular weight is 419 g/mol. The van der Waals surface area contributed by atoms with Gasteiger partial charge in [-0.1, -0.05) is 55.5 Å². The summed E-state index contributed by atoms with van der Waals surface area (Å²) in [6.07, 6.45) is 1.15. The van der Waals surface area contributed by atoms with Crippen LogP contribution in [0.2, 0.25) is 0 Å². The van der Waals surface area contributed by atoms with Gasteiger partial charge in [0.1, 0.15) is 12.0 Å². The van der Waals surface area contributed by atoms with Crippen molar-refractivity contribution in [2.75, 3.05) is 6.61 Å². The lowest BCUT2D eigenvalue weighted by molar-refractivity contribution is 0.313. The van der Waals surface area contributed by atoms with Crippen molar-refractivity contribution in [1.29, 1.82) is 0 Å². The first kappa shape index (κ1) is 21.1. The highest BCUT2D eigenvalue weighted by molar-refractivity contribution is 6.01. The molecule has 0 spiro atoms. The minimum Gasteiger partial charge on any atom is -0.504 e. The van der Waals surface area contributed by atoms with Crippen LogP contribution >= 0.6 is 0 Å². The molecule has 2 N–H and O–H groups in total. The smallest absolute Gasteiger partial charge is 0.162 e. The van der Waals surface area contributed by atoms with Gasteiger partial charge in [0.25, 0.3) is 0 Å². The maximum absolute atomic E-state index is 13.9. The van der Waals surface area contributed by atoms with Gasteiger partial charge in [-0.2, -0.15) is 0 Å². The van der Waals surface area contributed by atoms with Crippen molar-refractivity contribution in [3.8, 4) is 11.5 Å². The van der Waals surface area contributed by atoms with E-state index in [4.69, 9.17) is 9.73 Å². The average Bonchev–Trinajstić information content (AvgIpc) is 2.80. The van der Waals surface area contributed by atoms with Crippen molar-refractivity contribution in [3.05, 3.63) is 94.8 Å². The molecule has 2 atom stereocenters. The Morgan fingerprint density at radius 2 is 1.84 bits per heavy atom. The van der Waals surface area contributed by atoms with E-state index in [-0.39, 0.29) is 17.6 Å². The zero-order valence-electron chi connectivity index (χ0n) is 17.8. The molecule has 0 aliphatic carbocycles.